The lowest BCUT2D eigenvalue weighted by atomic mass is 10.2. The zero-order chi connectivity index (χ0) is 18.1. The Kier molecular flexibility index (Phi) is 7.70. The zero-order valence-corrected chi connectivity index (χ0v) is 13.9. The molecule has 1 aromatic heterocycles. The summed E-state index contributed by atoms with van der Waals surface area (Å²) in [6, 6.07) is 0. The van der Waals surface area contributed by atoms with E-state index in [2.05, 4.69) is 25.4 Å². The highest BCUT2D eigenvalue weighted by molar-refractivity contribution is 5.97. The number of hydrogen-bond donors (Lipinski definition) is 3. The van der Waals surface area contributed by atoms with Crippen LogP contribution in [0.1, 0.15) is 36.5 Å². The van der Waals surface area contributed by atoms with Crippen molar-refractivity contribution in [3.63, 3.8) is 0 Å². The van der Waals surface area contributed by atoms with Gasteiger partial charge in [0.15, 0.2) is 0 Å². The number of rotatable bonds is 10. The molecule has 0 bridgehead atoms. The van der Waals surface area contributed by atoms with Crippen LogP contribution in [-0.2, 0) is 13.1 Å². The number of hydroxylamine groups is 1. The first-order chi connectivity index (χ1) is 11.5. The highest BCUT2D eigenvalue weighted by atomic mass is 16.5. The van der Waals surface area contributed by atoms with Crippen LogP contribution >= 0.6 is 0 Å². The van der Waals surface area contributed by atoms with Crippen LogP contribution in [0, 0.1) is 0 Å². The average Bonchev–Trinajstić information content (AvgIpc) is 2.58. The minimum Gasteiger partial charge on any atom is -0.371 e. The minimum atomic E-state index is -0.978. The van der Waals surface area contributed by atoms with E-state index in [4.69, 9.17) is 5.21 Å². The van der Waals surface area contributed by atoms with Crippen LogP contribution in [0.2, 0.25) is 0 Å². The van der Waals surface area contributed by atoms with Crippen LogP contribution in [0.25, 0.3) is 0 Å². The molecule has 1 aromatic rings. The van der Waals surface area contributed by atoms with Crippen LogP contribution in [0.15, 0.2) is 34.9 Å². The van der Waals surface area contributed by atoms with Crippen molar-refractivity contribution in [1.82, 2.24) is 14.6 Å². The summed E-state index contributed by atoms with van der Waals surface area (Å²) in [7, 11) is 0. The van der Waals surface area contributed by atoms with Gasteiger partial charge in [0, 0.05) is 19.6 Å². The van der Waals surface area contributed by atoms with E-state index in [0.717, 1.165) is 23.8 Å². The number of hydrogen-bond acceptors (Lipinski definition) is 5. The number of carbonyl (C=O) groups is 1. The van der Waals surface area contributed by atoms with Gasteiger partial charge in [0.2, 0.25) is 0 Å². The van der Waals surface area contributed by atoms with Crippen molar-refractivity contribution in [1.29, 1.82) is 0 Å². The molecule has 8 nitrogen and oxygen atoms in total. The Morgan fingerprint density at radius 1 is 1.17 bits per heavy atom. The van der Waals surface area contributed by atoms with Gasteiger partial charge < -0.3 is 5.32 Å². The molecular formula is C16H24N4O4. The lowest BCUT2D eigenvalue weighted by Gasteiger charge is -2.18. The quantitative estimate of drug-likeness (QED) is 0.257. The molecule has 0 saturated carbocycles. The molecule has 0 aromatic carbocycles. The lowest BCUT2D eigenvalue weighted by molar-refractivity contribution is 0.0704. The second-order valence-electron chi connectivity index (χ2n) is 5.18. The molecule has 1 amide bonds. The van der Waals surface area contributed by atoms with Gasteiger partial charge >= 0.3 is 5.69 Å². The molecular weight excluding hydrogens is 312 g/mol. The van der Waals surface area contributed by atoms with Crippen molar-refractivity contribution < 1.29 is 10.0 Å². The Balaban J connectivity index is 3.57. The van der Waals surface area contributed by atoms with Gasteiger partial charge in [-0.1, -0.05) is 31.9 Å². The Bertz CT molecular complexity index is 718. The summed E-state index contributed by atoms with van der Waals surface area (Å²) >= 11 is 0. The van der Waals surface area contributed by atoms with Gasteiger partial charge in [0.05, 0.1) is 0 Å². The van der Waals surface area contributed by atoms with E-state index in [-0.39, 0.29) is 24.5 Å². The molecule has 132 valence electrons. The summed E-state index contributed by atoms with van der Waals surface area (Å²) in [4.78, 5) is 37.0. The topological polar surface area (TPSA) is 105 Å². The summed E-state index contributed by atoms with van der Waals surface area (Å²) in [5.41, 5.74) is -0.223. The van der Waals surface area contributed by atoms with E-state index >= 15 is 0 Å². The van der Waals surface area contributed by atoms with E-state index in [1.807, 2.05) is 0 Å². The number of anilines is 1. The fourth-order valence-corrected chi connectivity index (χ4v) is 2.31. The third kappa shape index (κ3) is 4.23. The summed E-state index contributed by atoms with van der Waals surface area (Å²) in [6.07, 6.45) is 5.66. The van der Waals surface area contributed by atoms with Crippen LogP contribution in [0.5, 0.6) is 0 Å². The van der Waals surface area contributed by atoms with Gasteiger partial charge in [-0.15, -0.1) is 13.2 Å². The smallest absolute Gasteiger partial charge is 0.333 e. The number of aromatic nitrogens is 2. The first-order valence-corrected chi connectivity index (χ1v) is 7.81. The van der Waals surface area contributed by atoms with Crippen molar-refractivity contribution in [2.24, 2.45) is 0 Å². The molecule has 0 unspecified atom stereocenters. The van der Waals surface area contributed by atoms with Crippen LogP contribution < -0.4 is 22.0 Å². The number of allylic oxidation sites excluding steroid dienone is 2. The fraction of sp³-hybridized carbons (Fsp3) is 0.438. The molecule has 0 aliphatic rings. The number of carbonyl (C=O) groups excluding carboxylic acids is 1. The predicted octanol–water partition coefficient (Wildman–Crippen LogP) is 1.10. The zero-order valence-electron chi connectivity index (χ0n) is 13.9. The van der Waals surface area contributed by atoms with E-state index < -0.39 is 17.2 Å². The SMILES string of the molecule is C=CCn1c(NCCCCC)c(C(=O)NO)c(=O)n(CC=C)c1=O. The van der Waals surface area contributed by atoms with Crippen molar-refractivity contribution >= 4 is 11.7 Å². The maximum atomic E-state index is 12.5. The van der Waals surface area contributed by atoms with Crippen molar-refractivity contribution in [3.05, 3.63) is 51.7 Å². The molecule has 0 spiro atoms. The third-order valence-electron chi connectivity index (χ3n) is 3.45. The van der Waals surface area contributed by atoms with Gasteiger partial charge in [-0.25, -0.2) is 10.3 Å². The third-order valence-corrected chi connectivity index (χ3v) is 3.45. The second-order valence-corrected chi connectivity index (χ2v) is 5.18. The monoisotopic (exact) mass is 336 g/mol. The molecule has 0 atom stereocenters. The van der Waals surface area contributed by atoms with Gasteiger partial charge in [0.25, 0.3) is 11.5 Å². The number of nitrogens with one attached hydrogen (secondary N) is 2. The van der Waals surface area contributed by atoms with Gasteiger partial charge in [-0.05, 0) is 6.42 Å². The molecule has 24 heavy (non-hydrogen) atoms. The first kappa shape index (κ1) is 19.4. The Morgan fingerprint density at radius 2 is 1.79 bits per heavy atom. The summed E-state index contributed by atoms with van der Waals surface area (Å²) < 4.78 is 2.13. The first-order valence-electron chi connectivity index (χ1n) is 7.81. The minimum absolute atomic E-state index is 0.0450. The van der Waals surface area contributed by atoms with Crippen molar-refractivity contribution in [2.75, 3.05) is 11.9 Å². The highest BCUT2D eigenvalue weighted by Crippen LogP contribution is 2.11. The Hall–Kier alpha value is -2.61. The van der Waals surface area contributed by atoms with E-state index in [0.29, 0.717) is 6.54 Å². The number of nitrogens with zero attached hydrogens (tertiary/aromatic N) is 2. The molecule has 0 radical (unpaired) electrons. The lowest BCUT2D eigenvalue weighted by Crippen LogP contribution is -2.45. The highest BCUT2D eigenvalue weighted by Gasteiger charge is 2.23. The predicted molar refractivity (Wildman–Crippen MR) is 92.6 cm³/mol. The van der Waals surface area contributed by atoms with E-state index in [1.165, 1.54) is 22.2 Å². The fourth-order valence-electron chi connectivity index (χ4n) is 2.31. The van der Waals surface area contributed by atoms with Gasteiger partial charge in [-0.2, -0.15) is 0 Å². The molecule has 0 aliphatic carbocycles. The van der Waals surface area contributed by atoms with Crippen LogP contribution in [-0.4, -0.2) is 26.8 Å². The van der Waals surface area contributed by atoms with E-state index in [1.54, 1.807) is 0 Å². The molecule has 8 heteroatoms. The summed E-state index contributed by atoms with van der Waals surface area (Å²) in [6.45, 7) is 9.70. The van der Waals surface area contributed by atoms with Crippen LogP contribution in [0.4, 0.5) is 5.82 Å². The standard InChI is InChI=1S/C16H24N4O4/c1-4-7-8-9-17-13-12(14(21)18-24)15(22)20(11-6-3)16(23)19(13)10-5-2/h5-6,17,24H,2-4,7-11H2,1H3,(H,18,21). The van der Waals surface area contributed by atoms with E-state index in [9.17, 15) is 14.4 Å². The largest absolute Gasteiger partial charge is 0.371 e. The molecule has 0 fully saturated rings. The van der Waals surface area contributed by atoms with Crippen molar-refractivity contribution in [3.8, 4) is 0 Å². The van der Waals surface area contributed by atoms with Gasteiger partial charge in [0.1, 0.15) is 11.4 Å². The second kappa shape index (κ2) is 9.51. The normalized spacial score (nSPS) is 10.2. The summed E-state index contributed by atoms with van der Waals surface area (Å²) in [5.74, 6) is -0.901. The maximum absolute atomic E-state index is 12.5. The molecule has 1 heterocycles. The Labute approximate surface area is 140 Å². The maximum Gasteiger partial charge on any atom is 0.333 e. The molecule has 3 N–H and O–H groups in total. The molecule has 0 aliphatic heterocycles. The van der Waals surface area contributed by atoms with Gasteiger partial charge in [-0.3, -0.25) is 23.9 Å². The molecule has 0 saturated heterocycles. The summed E-state index contributed by atoms with van der Waals surface area (Å²) in [5, 5.41) is 11.9. The Morgan fingerprint density at radius 3 is 2.33 bits per heavy atom. The average molecular weight is 336 g/mol. The number of unbranched alkanes of at least 4 members (excludes halogenated alkanes) is 2. The van der Waals surface area contributed by atoms with Crippen LogP contribution in [0.3, 0.4) is 0 Å². The molecule has 1 rings (SSSR count). The number of amides is 1. The van der Waals surface area contributed by atoms with Crippen molar-refractivity contribution in [2.45, 2.75) is 39.3 Å².